The van der Waals surface area contributed by atoms with Gasteiger partial charge in [0, 0.05) is 17.7 Å². The lowest BCUT2D eigenvalue weighted by Gasteiger charge is -2.22. The molecular weight excluding hydrogens is 386 g/mol. The maximum atomic E-state index is 13.0. The summed E-state index contributed by atoms with van der Waals surface area (Å²) >= 11 is 0. The maximum Gasteiger partial charge on any atom is 0.325 e. The number of nitrogens with zero attached hydrogens (tertiary/aromatic N) is 2. The van der Waals surface area contributed by atoms with Crippen LogP contribution in [0.3, 0.4) is 0 Å². The van der Waals surface area contributed by atoms with Crippen LogP contribution in [0.15, 0.2) is 48.5 Å². The predicted octanol–water partition coefficient (Wildman–Crippen LogP) is 3.59. The highest BCUT2D eigenvalue weighted by Gasteiger charge is 2.49. The van der Waals surface area contributed by atoms with Crippen LogP contribution in [-0.2, 0) is 16.8 Å². The van der Waals surface area contributed by atoms with Crippen molar-refractivity contribution >= 4 is 23.4 Å². The number of rotatable bonds is 8. The molecule has 1 heterocycles. The van der Waals surface area contributed by atoms with Crippen LogP contribution in [0.5, 0.6) is 0 Å². The predicted molar refractivity (Wildman–Crippen MR) is 110 cm³/mol. The Hall–Kier alpha value is -3.55. The van der Waals surface area contributed by atoms with Crippen molar-refractivity contribution in [2.24, 2.45) is 0 Å². The van der Waals surface area contributed by atoms with Crippen molar-refractivity contribution in [1.82, 2.24) is 10.2 Å². The number of Topliss-reactive ketones (excluding diaryl/α,β-unsaturated/α-hetero) is 1. The number of non-ortho nitro benzene ring substituents is 1. The number of hydrogen-bond donors (Lipinski definition) is 1. The molecule has 30 heavy (non-hydrogen) atoms. The number of nitro benzene ring substituents is 1. The molecule has 8 nitrogen and oxygen atoms in total. The second-order valence-corrected chi connectivity index (χ2v) is 7.47. The number of benzene rings is 2. The molecule has 2 aromatic rings. The number of amides is 3. The van der Waals surface area contributed by atoms with Gasteiger partial charge in [-0.2, -0.15) is 0 Å². The van der Waals surface area contributed by atoms with E-state index in [-0.39, 0.29) is 18.0 Å². The molecule has 0 spiro atoms. The zero-order valence-electron chi connectivity index (χ0n) is 16.9. The molecule has 1 aliphatic rings. The monoisotopic (exact) mass is 409 g/mol. The largest absolute Gasteiger partial charge is 0.325 e. The number of unbranched alkanes of at least 4 members (excludes halogenated alkanes) is 1. The molecule has 1 N–H and O–H groups in total. The average molecular weight is 409 g/mol. The minimum atomic E-state index is -1.39. The molecule has 0 radical (unpaired) electrons. The molecule has 0 aromatic heterocycles. The highest BCUT2D eigenvalue weighted by atomic mass is 16.6. The second kappa shape index (κ2) is 8.44. The molecule has 3 amide bonds. The lowest BCUT2D eigenvalue weighted by Crippen LogP contribution is -2.41. The standard InChI is InChI=1S/C22H23N3O5/c1-3-4-5-15-6-8-16(9-7-15)19(26)14-24-20(27)22(2,23-21(24)28)17-10-12-18(13-11-17)25(29)30/h6-13H,3-5,14H2,1-2H3,(H,23,28)/t22-/m0/s1. The van der Waals surface area contributed by atoms with Gasteiger partial charge >= 0.3 is 6.03 Å². The van der Waals surface area contributed by atoms with E-state index in [2.05, 4.69) is 12.2 Å². The average Bonchev–Trinajstić information content (AvgIpc) is 2.96. The lowest BCUT2D eigenvalue weighted by molar-refractivity contribution is -0.384. The number of hydrogen-bond acceptors (Lipinski definition) is 5. The van der Waals surface area contributed by atoms with E-state index in [0.717, 1.165) is 29.7 Å². The van der Waals surface area contributed by atoms with Gasteiger partial charge < -0.3 is 5.32 Å². The molecule has 0 unspecified atom stereocenters. The lowest BCUT2D eigenvalue weighted by atomic mass is 9.92. The van der Waals surface area contributed by atoms with Gasteiger partial charge in [-0.3, -0.25) is 24.6 Å². The molecule has 0 bridgehead atoms. The number of urea groups is 1. The van der Waals surface area contributed by atoms with Crippen LogP contribution >= 0.6 is 0 Å². The Labute approximate surface area is 174 Å². The van der Waals surface area contributed by atoms with Crippen molar-refractivity contribution < 1.29 is 19.3 Å². The second-order valence-electron chi connectivity index (χ2n) is 7.47. The third-order valence-electron chi connectivity index (χ3n) is 5.33. The van der Waals surface area contributed by atoms with E-state index in [4.69, 9.17) is 0 Å². The Kier molecular flexibility index (Phi) is 5.96. The smallest absolute Gasteiger partial charge is 0.319 e. The van der Waals surface area contributed by atoms with E-state index < -0.39 is 22.4 Å². The summed E-state index contributed by atoms with van der Waals surface area (Å²) in [5.41, 5.74) is 0.459. The van der Waals surface area contributed by atoms with Crippen LogP contribution in [0, 0.1) is 10.1 Å². The Morgan fingerprint density at radius 3 is 2.30 bits per heavy atom. The molecule has 1 aliphatic heterocycles. The number of nitro groups is 1. The summed E-state index contributed by atoms with van der Waals surface area (Å²) in [6, 6.07) is 11.9. The molecule has 0 aliphatic carbocycles. The van der Waals surface area contributed by atoms with Gasteiger partial charge in [0.2, 0.25) is 0 Å². The number of carbonyl (C=O) groups excluding carboxylic acids is 3. The fourth-order valence-corrected chi connectivity index (χ4v) is 3.43. The first-order valence-electron chi connectivity index (χ1n) is 9.77. The zero-order chi connectivity index (χ0) is 21.9. The number of imide groups is 1. The fraction of sp³-hybridized carbons (Fsp3) is 0.318. The molecule has 156 valence electrons. The molecular formula is C22H23N3O5. The van der Waals surface area contributed by atoms with Crippen LogP contribution in [0.4, 0.5) is 10.5 Å². The van der Waals surface area contributed by atoms with Gasteiger partial charge in [-0.05, 0) is 43.0 Å². The minimum absolute atomic E-state index is 0.117. The van der Waals surface area contributed by atoms with Crippen molar-refractivity contribution in [2.75, 3.05) is 6.54 Å². The summed E-state index contributed by atoms with van der Waals surface area (Å²) in [4.78, 5) is 49.2. The Morgan fingerprint density at radius 1 is 1.10 bits per heavy atom. The van der Waals surface area contributed by atoms with Crippen molar-refractivity contribution in [2.45, 2.75) is 38.6 Å². The zero-order valence-corrected chi connectivity index (χ0v) is 16.9. The summed E-state index contributed by atoms with van der Waals surface area (Å²) < 4.78 is 0. The summed E-state index contributed by atoms with van der Waals surface area (Å²) in [5, 5.41) is 13.4. The third-order valence-corrected chi connectivity index (χ3v) is 5.33. The highest BCUT2D eigenvalue weighted by molar-refractivity contribution is 6.11. The number of aryl methyl sites for hydroxylation is 1. The van der Waals surface area contributed by atoms with Gasteiger partial charge in [-0.25, -0.2) is 4.79 Å². The number of nitrogens with one attached hydrogen (secondary N) is 1. The van der Waals surface area contributed by atoms with E-state index in [1.807, 2.05) is 12.1 Å². The van der Waals surface area contributed by atoms with Gasteiger partial charge in [0.15, 0.2) is 5.78 Å². The topological polar surface area (TPSA) is 110 Å². The van der Waals surface area contributed by atoms with Crippen molar-refractivity contribution in [3.8, 4) is 0 Å². The fourth-order valence-electron chi connectivity index (χ4n) is 3.43. The molecule has 2 aromatic carbocycles. The first-order valence-corrected chi connectivity index (χ1v) is 9.77. The number of carbonyl (C=O) groups is 3. The molecule has 3 rings (SSSR count). The van der Waals surface area contributed by atoms with Crippen molar-refractivity contribution in [1.29, 1.82) is 0 Å². The van der Waals surface area contributed by atoms with Crippen molar-refractivity contribution in [3.05, 3.63) is 75.3 Å². The van der Waals surface area contributed by atoms with Crippen LogP contribution in [0.25, 0.3) is 0 Å². The summed E-state index contributed by atoms with van der Waals surface area (Å²) in [7, 11) is 0. The van der Waals surface area contributed by atoms with Crippen LogP contribution < -0.4 is 5.32 Å². The quantitative estimate of drug-likeness (QED) is 0.310. The first kappa shape index (κ1) is 21.2. The van der Waals surface area contributed by atoms with Gasteiger partial charge in [0.05, 0.1) is 11.5 Å². The van der Waals surface area contributed by atoms with Crippen LogP contribution in [-0.4, -0.2) is 34.1 Å². The Morgan fingerprint density at radius 2 is 1.73 bits per heavy atom. The van der Waals surface area contributed by atoms with Crippen molar-refractivity contribution in [3.63, 3.8) is 0 Å². The van der Waals surface area contributed by atoms with Gasteiger partial charge in [-0.15, -0.1) is 0 Å². The van der Waals surface area contributed by atoms with E-state index >= 15 is 0 Å². The Bertz CT molecular complexity index is 985. The van der Waals surface area contributed by atoms with E-state index in [9.17, 15) is 24.5 Å². The summed E-state index contributed by atoms with van der Waals surface area (Å²) in [6.45, 7) is 3.25. The molecule has 8 heteroatoms. The van der Waals surface area contributed by atoms with Gasteiger partial charge in [0.25, 0.3) is 11.6 Å². The first-order chi connectivity index (χ1) is 14.3. The summed E-state index contributed by atoms with van der Waals surface area (Å²) in [5.74, 6) is -0.914. The number of ketones is 1. The minimum Gasteiger partial charge on any atom is -0.319 e. The molecule has 1 atom stereocenters. The molecule has 1 fully saturated rings. The van der Waals surface area contributed by atoms with Gasteiger partial charge in [-0.1, -0.05) is 37.6 Å². The normalized spacial score (nSPS) is 18.4. The van der Waals surface area contributed by atoms with Crippen LogP contribution in [0.2, 0.25) is 0 Å². The highest BCUT2D eigenvalue weighted by Crippen LogP contribution is 2.30. The van der Waals surface area contributed by atoms with E-state index in [1.165, 1.54) is 31.2 Å². The Balaban J connectivity index is 1.74. The van der Waals surface area contributed by atoms with Gasteiger partial charge in [0.1, 0.15) is 5.54 Å². The van der Waals surface area contributed by atoms with E-state index in [1.54, 1.807) is 12.1 Å². The SMILES string of the molecule is CCCCc1ccc(C(=O)CN2C(=O)N[C@@](C)(c3ccc([N+](=O)[O-])cc3)C2=O)cc1. The van der Waals surface area contributed by atoms with Crippen LogP contribution in [0.1, 0.15) is 48.2 Å². The van der Waals surface area contributed by atoms with E-state index in [0.29, 0.717) is 11.1 Å². The molecule has 0 saturated carbocycles. The maximum absolute atomic E-state index is 13.0. The third kappa shape index (κ3) is 4.07. The molecule has 1 saturated heterocycles. The summed E-state index contributed by atoms with van der Waals surface area (Å²) in [6.07, 6.45) is 3.09.